The van der Waals surface area contributed by atoms with E-state index in [1.54, 1.807) is 0 Å². The number of aliphatic hydroxyl groups excluding tert-OH is 1. The van der Waals surface area contributed by atoms with Crippen molar-refractivity contribution in [3.05, 3.63) is 36.0 Å². The van der Waals surface area contributed by atoms with Gasteiger partial charge in [-0.05, 0) is 30.7 Å². The second kappa shape index (κ2) is 5.14. The quantitative estimate of drug-likeness (QED) is 0.674. The van der Waals surface area contributed by atoms with Crippen LogP contribution in [0.3, 0.4) is 0 Å². The lowest BCUT2D eigenvalue weighted by molar-refractivity contribution is 0.176. The molecule has 1 unspecified atom stereocenters. The number of rotatable bonds is 5. The van der Waals surface area contributed by atoms with Crippen molar-refractivity contribution in [2.45, 2.75) is 19.4 Å². The second-order valence-corrected chi connectivity index (χ2v) is 4.01. The minimum absolute atomic E-state index is 0.439. The molecular formula is C13H18N2O. The Bertz CT molecular complexity index is 450. The Morgan fingerprint density at radius 2 is 2.25 bits per heavy atom. The molecule has 0 bridgehead atoms. The van der Waals surface area contributed by atoms with Gasteiger partial charge < -0.3 is 15.4 Å². The normalized spacial score (nSPS) is 13.1. The number of hydrogen-bond acceptors (Lipinski definition) is 2. The van der Waals surface area contributed by atoms with E-state index in [9.17, 15) is 5.11 Å². The van der Waals surface area contributed by atoms with Crippen LogP contribution in [-0.4, -0.2) is 23.2 Å². The van der Waals surface area contributed by atoms with E-state index in [0.29, 0.717) is 6.54 Å². The minimum atomic E-state index is -0.439. The summed E-state index contributed by atoms with van der Waals surface area (Å²) in [6, 6.07) is 7.98. The molecule has 86 valence electrons. The highest BCUT2D eigenvalue weighted by Gasteiger charge is 2.10. The summed E-state index contributed by atoms with van der Waals surface area (Å²) < 4.78 is 0. The van der Waals surface area contributed by atoms with E-state index in [1.165, 1.54) is 0 Å². The van der Waals surface area contributed by atoms with Gasteiger partial charge in [-0.1, -0.05) is 19.1 Å². The van der Waals surface area contributed by atoms with Crippen molar-refractivity contribution in [1.82, 2.24) is 10.3 Å². The van der Waals surface area contributed by atoms with Crippen molar-refractivity contribution in [3.63, 3.8) is 0 Å². The van der Waals surface area contributed by atoms with E-state index in [0.717, 1.165) is 29.4 Å². The second-order valence-electron chi connectivity index (χ2n) is 4.01. The largest absolute Gasteiger partial charge is 0.387 e. The topological polar surface area (TPSA) is 48.0 Å². The van der Waals surface area contributed by atoms with Gasteiger partial charge in [-0.2, -0.15) is 0 Å². The SMILES string of the molecule is CCCNCC(O)c1cccc2[nH]ccc12. The lowest BCUT2D eigenvalue weighted by Crippen LogP contribution is -2.22. The van der Waals surface area contributed by atoms with Crippen LogP contribution in [0.15, 0.2) is 30.5 Å². The van der Waals surface area contributed by atoms with Crippen molar-refractivity contribution in [2.24, 2.45) is 0 Å². The van der Waals surface area contributed by atoms with Crippen LogP contribution in [0.25, 0.3) is 10.9 Å². The van der Waals surface area contributed by atoms with Crippen LogP contribution in [0.1, 0.15) is 25.0 Å². The van der Waals surface area contributed by atoms with Crippen molar-refractivity contribution in [3.8, 4) is 0 Å². The Morgan fingerprint density at radius 3 is 3.06 bits per heavy atom. The van der Waals surface area contributed by atoms with Crippen LogP contribution < -0.4 is 5.32 Å². The van der Waals surface area contributed by atoms with Crippen LogP contribution in [-0.2, 0) is 0 Å². The van der Waals surface area contributed by atoms with Crippen LogP contribution in [0.5, 0.6) is 0 Å². The van der Waals surface area contributed by atoms with Crippen LogP contribution in [0.4, 0.5) is 0 Å². The Balaban J connectivity index is 2.15. The number of benzene rings is 1. The Morgan fingerprint density at radius 1 is 1.38 bits per heavy atom. The van der Waals surface area contributed by atoms with Gasteiger partial charge in [-0.25, -0.2) is 0 Å². The number of fused-ring (bicyclic) bond motifs is 1. The number of nitrogens with one attached hydrogen (secondary N) is 2. The van der Waals surface area contributed by atoms with Gasteiger partial charge in [0.1, 0.15) is 0 Å². The van der Waals surface area contributed by atoms with Gasteiger partial charge in [-0.15, -0.1) is 0 Å². The summed E-state index contributed by atoms with van der Waals surface area (Å²) in [6.45, 7) is 3.67. The Labute approximate surface area is 95.5 Å². The van der Waals surface area contributed by atoms with E-state index in [4.69, 9.17) is 0 Å². The highest BCUT2D eigenvalue weighted by molar-refractivity contribution is 5.83. The molecule has 1 aromatic heterocycles. The van der Waals surface area contributed by atoms with Gasteiger partial charge in [0.25, 0.3) is 0 Å². The van der Waals surface area contributed by atoms with Crippen LogP contribution >= 0.6 is 0 Å². The van der Waals surface area contributed by atoms with Crippen molar-refractivity contribution in [2.75, 3.05) is 13.1 Å². The fourth-order valence-electron chi connectivity index (χ4n) is 1.93. The molecule has 0 saturated heterocycles. The maximum absolute atomic E-state index is 10.1. The van der Waals surface area contributed by atoms with E-state index in [1.807, 2.05) is 30.5 Å². The smallest absolute Gasteiger partial charge is 0.0920 e. The number of hydrogen-bond donors (Lipinski definition) is 3. The fourth-order valence-corrected chi connectivity index (χ4v) is 1.93. The predicted octanol–water partition coefficient (Wildman–Crippen LogP) is 2.20. The molecule has 1 heterocycles. The zero-order chi connectivity index (χ0) is 11.4. The molecule has 0 aliphatic carbocycles. The first kappa shape index (κ1) is 11.2. The average molecular weight is 218 g/mol. The molecule has 3 N–H and O–H groups in total. The minimum Gasteiger partial charge on any atom is -0.387 e. The molecule has 2 rings (SSSR count). The van der Waals surface area contributed by atoms with E-state index >= 15 is 0 Å². The van der Waals surface area contributed by atoms with Gasteiger partial charge >= 0.3 is 0 Å². The summed E-state index contributed by atoms with van der Waals surface area (Å²) in [6.07, 6.45) is 2.55. The van der Waals surface area contributed by atoms with Crippen molar-refractivity contribution < 1.29 is 5.11 Å². The molecule has 0 aliphatic heterocycles. The van der Waals surface area contributed by atoms with Gasteiger partial charge in [0, 0.05) is 23.6 Å². The molecule has 3 nitrogen and oxygen atoms in total. The monoisotopic (exact) mass is 218 g/mol. The van der Waals surface area contributed by atoms with Crippen molar-refractivity contribution >= 4 is 10.9 Å². The molecule has 0 fully saturated rings. The molecule has 3 heteroatoms. The standard InChI is InChI=1S/C13H18N2O/c1-2-7-14-9-13(16)11-4-3-5-12-10(11)6-8-15-12/h3-6,8,13-16H,2,7,9H2,1H3. The summed E-state index contributed by atoms with van der Waals surface area (Å²) in [5.41, 5.74) is 2.06. The molecule has 0 aliphatic rings. The maximum atomic E-state index is 10.1. The average Bonchev–Trinajstić information content (AvgIpc) is 2.76. The maximum Gasteiger partial charge on any atom is 0.0920 e. The Kier molecular flexibility index (Phi) is 3.59. The number of aromatic nitrogens is 1. The zero-order valence-electron chi connectivity index (χ0n) is 9.53. The van der Waals surface area contributed by atoms with Crippen molar-refractivity contribution in [1.29, 1.82) is 0 Å². The summed E-state index contributed by atoms with van der Waals surface area (Å²) >= 11 is 0. The molecule has 0 amide bonds. The molecule has 0 saturated carbocycles. The predicted molar refractivity (Wildman–Crippen MR) is 66.4 cm³/mol. The third-order valence-corrected chi connectivity index (χ3v) is 2.75. The third-order valence-electron chi connectivity index (χ3n) is 2.75. The molecule has 2 aromatic rings. The molecular weight excluding hydrogens is 200 g/mol. The first-order chi connectivity index (χ1) is 7.83. The first-order valence-electron chi connectivity index (χ1n) is 5.77. The van der Waals surface area contributed by atoms with Gasteiger partial charge in [0.2, 0.25) is 0 Å². The van der Waals surface area contributed by atoms with E-state index in [2.05, 4.69) is 17.2 Å². The summed E-state index contributed by atoms with van der Waals surface area (Å²) in [5.74, 6) is 0. The molecule has 1 atom stereocenters. The summed E-state index contributed by atoms with van der Waals surface area (Å²) in [4.78, 5) is 3.15. The number of H-pyrrole nitrogens is 1. The van der Waals surface area contributed by atoms with Gasteiger partial charge in [-0.3, -0.25) is 0 Å². The zero-order valence-corrected chi connectivity index (χ0v) is 9.53. The van der Waals surface area contributed by atoms with Crippen LogP contribution in [0, 0.1) is 0 Å². The number of aromatic amines is 1. The van der Waals surface area contributed by atoms with Gasteiger partial charge in [0.15, 0.2) is 0 Å². The Hall–Kier alpha value is -1.32. The summed E-state index contributed by atoms with van der Waals surface area (Å²) in [5, 5.41) is 14.4. The van der Waals surface area contributed by atoms with Crippen LogP contribution in [0.2, 0.25) is 0 Å². The van der Waals surface area contributed by atoms with E-state index in [-0.39, 0.29) is 0 Å². The highest BCUT2D eigenvalue weighted by atomic mass is 16.3. The lowest BCUT2D eigenvalue weighted by atomic mass is 10.0. The molecule has 0 spiro atoms. The molecule has 0 radical (unpaired) electrons. The summed E-state index contributed by atoms with van der Waals surface area (Å²) in [7, 11) is 0. The first-order valence-corrected chi connectivity index (χ1v) is 5.77. The fraction of sp³-hybridized carbons (Fsp3) is 0.385. The highest BCUT2D eigenvalue weighted by Crippen LogP contribution is 2.22. The lowest BCUT2D eigenvalue weighted by Gasteiger charge is -2.12. The molecule has 1 aromatic carbocycles. The molecule has 16 heavy (non-hydrogen) atoms. The van der Waals surface area contributed by atoms with E-state index < -0.39 is 6.10 Å². The number of aliphatic hydroxyl groups is 1. The van der Waals surface area contributed by atoms with Gasteiger partial charge in [0.05, 0.1) is 6.10 Å². The third kappa shape index (κ3) is 2.26.